The number of hydrogen-bond acceptors (Lipinski definition) is 0. The van der Waals surface area contributed by atoms with Crippen molar-refractivity contribution in [3.8, 4) is 12.0 Å². The molecule has 39 valence electrons. The van der Waals surface area contributed by atoms with E-state index in [1.807, 2.05) is 0 Å². The number of hydrogen-bond donors (Lipinski definition) is 0. The summed E-state index contributed by atoms with van der Waals surface area (Å²) >= 11 is 0. The van der Waals surface area contributed by atoms with Gasteiger partial charge in [-0.1, -0.05) is 12.8 Å². The highest BCUT2D eigenvalue weighted by Gasteiger charge is 1.71. The molecule has 0 spiro atoms. The van der Waals surface area contributed by atoms with Crippen LogP contribution in [0.4, 0.5) is 0 Å². The molecular weight excluding hydrogens is 86.1 g/mol. The van der Waals surface area contributed by atoms with Crippen LogP contribution in [0.1, 0.15) is 20.3 Å². The first-order valence-electron chi connectivity index (χ1n) is 2.50. The quantitative estimate of drug-likeness (QED) is 0.359. The molecule has 0 N–H and O–H groups in total. The van der Waals surface area contributed by atoms with Gasteiger partial charge in [0.2, 0.25) is 0 Å². The summed E-state index contributed by atoms with van der Waals surface area (Å²) in [6, 6.07) is 2.62. The molecule has 0 fully saturated rings. The Bertz CT molecular complexity index is 75.9. The fourth-order valence-corrected chi connectivity index (χ4v) is 0.247. The molecule has 0 amide bonds. The zero-order chi connectivity index (χ0) is 5.54. The van der Waals surface area contributed by atoms with Crippen molar-refractivity contribution in [3.05, 3.63) is 0 Å². The minimum Gasteiger partial charge on any atom is -0.236 e. The summed E-state index contributed by atoms with van der Waals surface area (Å²) in [7, 11) is 0. The molecule has 7 heavy (non-hydrogen) atoms. The maximum Gasteiger partial charge on any atom is 0.0488 e. The van der Waals surface area contributed by atoms with E-state index >= 15 is 0 Å². The van der Waals surface area contributed by atoms with E-state index in [1.54, 1.807) is 6.92 Å². The van der Waals surface area contributed by atoms with Crippen LogP contribution in [0.2, 0.25) is 0 Å². The summed E-state index contributed by atoms with van der Waals surface area (Å²) in [6.45, 7) is 4.75. The summed E-state index contributed by atoms with van der Waals surface area (Å²) in [6.07, 6.45) is 1.09. The van der Waals surface area contributed by atoms with Crippen LogP contribution in [0, 0.1) is 12.0 Å². The van der Waals surface area contributed by atoms with Crippen LogP contribution < -0.4 is 5.32 Å². The summed E-state index contributed by atoms with van der Waals surface area (Å²) in [5.74, 6) is 2.69. The average Bonchev–Trinajstić information content (AvgIpc) is 1.69. The molecule has 0 aliphatic carbocycles. The van der Waals surface area contributed by atoms with Crippen LogP contribution in [0.3, 0.4) is 0 Å². The van der Waals surface area contributed by atoms with E-state index in [0.717, 1.165) is 13.0 Å². The Balaban J connectivity index is 2.78. The van der Waals surface area contributed by atoms with Crippen molar-refractivity contribution in [2.24, 2.45) is 0 Å². The average molecular weight is 96.2 g/mol. The normalized spacial score (nSPS) is 6.57. The van der Waals surface area contributed by atoms with Gasteiger partial charge in [0.05, 0.1) is 0 Å². The van der Waals surface area contributed by atoms with Crippen LogP contribution in [0.5, 0.6) is 0 Å². The van der Waals surface area contributed by atoms with Crippen molar-refractivity contribution in [3.63, 3.8) is 0 Å². The Kier molecular flexibility index (Phi) is 4.87. The van der Waals surface area contributed by atoms with Gasteiger partial charge in [-0.3, -0.25) is 0 Å². The minimum atomic E-state index is 0.876. The summed E-state index contributed by atoms with van der Waals surface area (Å²) in [5.41, 5.74) is 0. The SMILES string of the molecule is CC#C[N]CCC. The van der Waals surface area contributed by atoms with Crippen molar-refractivity contribution >= 4 is 0 Å². The Morgan fingerprint density at radius 2 is 2.29 bits per heavy atom. The standard InChI is InChI=1S/C6H10N/c1-3-5-7-6-4-2/h3,5H2,1-2H3. The van der Waals surface area contributed by atoms with Crippen molar-refractivity contribution in [1.82, 2.24) is 5.32 Å². The zero-order valence-electron chi connectivity index (χ0n) is 4.86. The Morgan fingerprint density at radius 3 is 2.71 bits per heavy atom. The van der Waals surface area contributed by atoms with Crippen molar-refractivity contribution in [2.75, 3.05) is 6.54 Å². The molecule has 0 rings (SSSR count). The fraction of sp³-hybridized carbons (Fsp3) is 0.667. The first kappa shape index (κ1) is 6.36. The number of nitrogens with zero attached hydrogens (tertiary/aromatic N) is 1. The maximum atomic E-state index is 3.85. The lowest BCUT2D eigenvalue weighted by molar-refractivity contribution is 0.817. The molecule has 0 saturated carbocycles. The van der Waals surface area contributed by atoms with E-state index in [1.165, 1.54) is 0 Å². The Morgan fingerprint density at radius 1 is 1.57 bits per heavy atom. The largest absolute Gasteiger partial charge is 0.236 e. The summed E-state index contributed by atoms with van der Waals surface area (Å²) in [5, 5.41) is 3.85. The first-order chi connectivity index (χ1) is 3.41. The van der Waals surface area contributed by atoms with Gasteiger partial charge in [0.1, 0.15) is 0 Å². The second-order valence-corrected chi connectivity index (χ2v) is 1.24. The van der Waals surface area contributed by atoms with E-state index in [9.17, 15) is 0 Å². The van der Waals surface area contributed by atoms with Crippen LogP contribution in [0.15, 0.2) is 0 Å². The predicted octanol–water partition coefficient (Wildman–Crippen LogP) is 0.982. The Hall–Kier alpha value is -0.640. The van der Waals surface area contributed by atoms with Gasteiger partial charge < -0.3 is 0 Å². The highest BCUT2D eigenvalue weighted by Crippen LogP contribution is 1.67. The molecule has 0 aromatic carbocycles. The second-order valence-electron chi connectivity index (χ2n) is 1.24. The minimum absolute atomic E-state index is 0.876. The van der Waals surface area contributed by atoms with E-state index in [-0.39, 0.29) is 0 Å². The Labute approximate surface area is 45.1 Å². The molecule has 0 aliphatic rings. The highest BCUT2D eigenvalue weighted by molar-refractivity contribution is 4.91. The zero-order valence-corrected chi connectivity index (χ0v) is 4.86. The lowest BCUT2D eigenvalue weighted by Crippen LogP contribution is -1.95. The molecule has 0 unspecified atom stereocenters. The fourth-order valence-electron chi connectivity index (χ4n) is 0.247. The van der Waals surface area contributed by atoms with Gasteiger partial charge in [-0.25, -0.2) is 5.32 Å². The molecule has 1 heteroatoms. The van der Waals surface area contributed by atoms with Crippen LogP contribution in [0.25, 0.3) is 0 Å². The van der Waals surface area contributed by atoms with E-state index in [4.69, 9.17) is 0 Å². The smallest absolute Gasteiger partial charge is 0.0488 e. The molecule has 0 aromatic rings. The lowest BCUT2D eigenvalue weighted by atomic mass is 10.5. The highest BCUT2D eigenvalue weighted by atomic mass is 14.8. The van der Waals surface area contributed by atoms with Gasteiger partial charge in [-0.2, -0.15) is 0 Å². The summed E-state index contributed by atoms with van der Waals surface area (Å²) < 4.78 is 0. The van der Waals surface area contributed by atoms with E-state index < -0.39 is 0 Å². The van der Waals surface area contributed by atoms with Gasteiger partial charge in [-0.05, 0) is 13.3 Å². The summed E-state index contributed by atoms with van der Waals surface area (Å²) in [4.78, 5) is 0. The first-order valence-corrected chi connectivity index (χ1v) is 2.50. The van der Waals surface area contributed by atoms with Crippen LogP contribution in [-0.2, 0) is 0 Å². The molecule has 0 atom stereocenters. The maximum absolute atomic E-state index is 3.85. The molecular formula is C6H10N. The van der Waals surface area contributed by atoms with Crippen LogP contribution in [-0.4, -0.2) is 6.54 Å². The van der Waals surface area contributed by atoms with Crippen molar-refractivity contribution in [2.45, 2.75) is 20.3 Å². The topological polar surface area (TPSA) is 14.1 Å². The van der Waals surface area contributed by atoms with Gasteiger partial charge in [0.25, 0.3) is 0 Å². The van der Waals surface area contributed by atoms with Gasteiger partial charge in [-0.15, -0.1) is 0 Å². The molecule has 0 bridgehead atoms. The third kappa shape index (κ3) is 5.36. The molecule has 0 aliphatic heterocycles. The van der Waals surface area contributed by atoms with Gasteiger partial charge in [0.15, 0.2) is 0 Å². The van der Waals surface area contributed by atoms with Gasteiger partial charge in [0, 0.05) is 12.6 Å². The van der Waals surface area contributed by atoms with Crippen molar-refractivity contribution < 1.29 is 0 Å². The van der Waals surface area contributed by atoms with Gasteiger partial charge >= 0.3 is 0 Å². The molecule has 0 heterocycles. The molecule has 1 radical (unpaired) electrons. The van der Waals surface area contributed by atoms with E-state index in [2.05, 4.69) is 24.2 Å². The van der Waals surface area contributed by atoms with E-state index in [0.29, 0.717) is 0 Å². The number of rotatable bonds is 2. The van der Waals surface area contributed by atoms with Crippen molar-refractivity contribution in [1.29, 1.82) is 0 Å². The second kappa shape index (κ2) is 5.36. The molecule has 1 nitrogen and oxygen atoms in total. The lowest BCUT2D eigenvalue weighted by Gasteiger charge is -1.82. The molecule has 0 saturated heterocycles. The van der Waals surface area contributed by atoms with Crippen LogP contribution >= 0.6 is 0 Å². The third-order valence-electron chi connectivity index (χ3n) is 0.526. The third-order valence-corrected chi connectivity index (χ3v) is 0.526. The predicted molar refractivity (Wildman–Crippen MR) is 30.7 cm³/mol. The monoisotopic (exact) mass is 96.1 g/mol. The molecule has 0 aromatic heterocycles.